The first kappa shape index (κ1) is 22.4. The molecule has 4 heterocycles. The summed E-state index contributed by atoms with van der Waals surface area (Å²) in [6, 6.07) is 16.3. The second-order valence-electron chi connectivity index (χ2n) is 9.42. The fourth-order valence-electron chi connectivity index (χ4n) is 5.65. The number of carbonyl (C=O) groups is 2. The minimum Gasteiger partial charge on any atom is -0.322 e. The average Bonchev–Trinajstić information content (AvgIpc) is 3.47. The maximum atomic E-state index is 13.9. The molecule has 1 aromatic carbocycles. The topological polar surface area (TPSA) is 65.5 Å². The molecule has 0 radical (unpaired) electrons. The van der Waals surface area contributed by atoms with Gasteiger partial charge in [-0.05, 0) is 61.7 Å². The van der Waals surface area contributed by atoms with Gasteiger partial charge in [-0.1, -0.05) is 36.4 Å². The van der Waals surface area contributed by atoms with Crippen molar-refractivity contribution in [2.24, 2.45) is 5.92 Å². The molecule has 0 saturated carbocycles. The van der Waals surface area contributed by atoms with E-state index in [2.05, 4.69) is 27.3 Å². The number of thioether (sulfide) groups is 1. The molecular weight excluding hydrogens is 432 g/mol. The zero-order valence-electron chi connectivity index (χ0n) is 19.0. The van der Waals surface area contributed by atoms with Crippen molar-refractivity contribution in [3.63, 3.8) is 0 Å². The van der Waals surface area contributed by atoms with E-state index in [0.717, 1.165) is 37.2 Å². The second kappa shape index (κ2) is 9.85. The number of piperidine rings is 1. The summed E-state index contributed by atoms with van der Waals surface area (Å²) in [5.74, 6) is 2.54. The van der Waals surface area contributed by atoms with Gasteiger partial charge < -0.3 is 5.32 Å². The van der Waals surface area contributed by atoms with Crippen LogP contribution in [0.3, 0.4) is 0 Å². The lowest BCUT2D eigenvalue weighted by molar-refractivity contribution is -0.134. The Hall–Kier alpha value is -2.38. The number of urea groups is 1. The van der Waals surface area contributed by atoms with Crippen molar-refractivity contribution >= 4 is 23.7 Å². The van der Waals surface area contributed by atoms with Crippen molar-refractivity contribution in [1.29, 1.82) is 0 Å². The van der Waals surface area contributed by atoms with Crippen LogP contribution in [-0.4, -0.2) is 69.4 Å². The number of hydrogen-bond acceptors (Lipinski definition) is 5. The Morgan fingerprint density at radius 3 is 2.52 bits per heavy atom. The number of rotatable bonds is 7. The fourth-order valence-corrected chi connectivity index (χ4v) is 6.90. The molecule has 2 aromatic rings. The van der Waals surface area contributed by atoms with E-state index >= 15 is 0 Å². The number of likely N-dealkylation sites (tertiary alicyclic amines) is 1. The highest BCUT2D eigenvalue weighted by Gasteiger charge is 2.55. The van der Waals surface area contributed by atoms with Crippen LogP contribution in [0.1, 0.15) is 30.5 Å². The molecule has 3 aliphatic heterocycles. The van der Waals surface area contributed by atoms with Gasteiger partial charge in [-0.15, -0.1) is 0 Å². The SMILES string of the molecule is O=C1N[C@@](Cc2ccccc2)(C2CCN([C@H]3CCSC3)CC2)C(=O)N1CCc1ccccn1. The molecule has 3 amide bonds. The van der Waals surface area contributed by atoms with E-state index in [-0.39, 0.29) is 17.9 Å². The van der Waals surface area contributed by atoms with Gasteiger partial charge >= 0.3 is 6.03 Å². The van der Waals surface area contributed by atoms with Gasteiger partial charge in [0.15, 0.2) is 0 Å². The first-order valence-corrected chi connectivity index (χ1v) is 13.2. The number of hydrogen-bond donors (Lipinski definition) is 1. The number of benzene rings is 1. The summed E-state index contributed by atoms with van der Waals surface area (Å²) >= 11 is 2.04. The molecule has 0 unspecified atom stereocenters. The number of aromatic nitrogens is 1. The molecule has 0 bridgehead atoms. The van der Waals surface area contributed by atoms with E-state index in [9.17, 15) is 9.59 Å². The van der Waals surface area contributed by atoms with Gasteiger partial charge in [-0.3, -0.25) is 19.6 Å². The van der Waals surface area contributed by atoms with Crippen LogP contribution in [0.4, 0.5) is 4.79 Å². The molecule has 0 aliphatic carbocycles. The Bertz CT molecular complexity index is 959. The van der Waals surface area contributed by atoms with Gasteiger partial charge in [-0.25, -0.2) is 4.79 Å². The normalized spacial score (nSPS) is 26.7. The van der Waals surface area contributed by atoms with Gasteiger partial charge in [0.2, 0.25) is 0 Å². The highest BCUT2D eigenvalue weighted by atomic mass is 32.2. The highest BCUT2D eigenvalue weighted by molar-refractivity contribution is 7.99. The second-order valence-corrected chi connectivity index (χ2v) is 10.6. The van der Waals surface area contributed by atoms with Crippen molar-refractivity contribution in [2.75, 3.05) is 31.1 Å². The van der Waals surface area contributed by atoms with Crippen molar-refractivity contribution in [3.05, 3.63) is 66.0 Å². The summed E-state index contributed by atoms with van der Waals surface area (Å²) in [5, 5.41) is 3.20. The third kappa shape index (κ3) is 4.66. The van der Waals surface area contributed by atoms with Crippen LogP contribution in [0.2, 0.25) is 0 Å². The maximum absolute atomic E-state index is 13.9. The van der Waals surface area contributed by atoms with Crippen molar-refractivity contribution in [1.82, 2.24) is 20.1 Å². The van der Waals surface area contributed by atoms with E-state index < -0.39 is 5.54 Å². The van der Waals surface area contributed by atoms with Gasteiger partial charge in [0.1, 0.15) is 5.54 Å². The van der Waals surface area contributed by atoms with Gasteiger partial charge in [0, 0.05) is 43.1 Å². The quantitative estimate of drug-likeness (QED) is 0.637. The standard InChI is InChI=1S/C26H32N4O2S/c31-24-26(18-20-6-2-1-3-7-20,21-9-14-29(15-10-21)23-12-17-33-19-23)28-25(32)30(24)16-11-22-8-4-5-13-27-22/h1-8,13,21,23H,9-12,14-19H2,(H,28,32)/t23-,26-/m0/s1. The number of nitrogens with zero attached hydrogens (tertiary/aromatic N) is 3. The van der Waals surface area contributed by atoms with E-state index in [1.165, 1.54) is 22.8 Å². The lowest BCUT2D eigenvalue weighted by Gasteiger charge is -2.42. The van der Waals surface area contributed by atoms with Crippen LogP contribution in [0, 0.1) is 5.92 Å². The summed E-state index contributed by atoms with van der Waals surface area (Å²) in [7, 11) is 0. The molecule has 1 aromatic heterocycles. The summed E-state index contributed by atoms with van der Waals surface area (Å²) in [4.78, 5) is 35.4. The molecule has 0 spiro atoms. The van der Waals surface area contributed by atoms with E-state index in [4.69, 9.17) is 0 Å². The number of nitrogens with one attached hydrogen (secondary N) is 1. The lowest BCUT2D eigenvalue weighted by atomic mass is 9.73. The third-order valence-electron chi connectivity index (χ3n) is 7.49. The monoisotopic (exact) mass is 464 g/mol. The van der Waals surface area contributed by atoms with Gasteiger partial charge in [-0.2, -0.15) is 11.8 Å². The highest BCUT2D eigenvalue weighted by Crippen LogP contribution is 2.38. The minimum absolute atomic E-state index is 0.0674. The van der Waals surface area contributed by atoms with Crippen molar-refractivity contribution < 1.29 is 9.59 Å². The van der Waals surface area contributed by atoms with Gasteiger partial charge in [0.25, 0.3) is 5.91 Å². The molecule has 7 heteroatoms. The average molecular weight is 465 g/mol. The Morgan fingerprint density at radius 1 is 1.03 bits per heavy atom. The van der Waals surface area contributed by atoms with Crippen LogP contribution >= 0.6 is 11.8 Å². The van der Waals surface area contributed by atoms with Crippen LogP contribution in [0.15, 0.2) is 54.7 Å². The smallest absolute Gasteiger partial charge is 0.322 e. The molecule has 1 N–H and O–H groups in total. The van der Waals surface area contributed by atoms with Crippen molar-refractivity contribution in [2.45, 2.75) is 43.7 Å². The molecule has 3 aliphatic rings. The molecule has 3 fully saturated rings. The predicted molar refractivity (Wildman–Crippen MR) is 131 cm³/mol. The summed E-state index contributed by atoms with van der Waals surface area (Å²) in [5.41, 5.74) is 1.12. The molecule has 33 heavy (non-hydrogen) atoms. The predicted octanol–water partition coefficient (Wildman–Crippen LogP) is 3.37. The fraction of sp³-hybridized carbons (Fsp3) is 0.500. The van der Waals surface area contributed by atoms with Gasteiger partial charge in [0.05, 0.1) is 0 Å². The largest absolute Gasteiger partial charge is 0.325 e. The zero-order valence-corrected chi connectivity index (χ0v) is 19.8. The molecule has 174 valence electrons. The third-order valence-corrected chi connectivity index (χ3v) is 8.64. The van der Waals surface area contributed by atoms with Crippen LogP contribution in [0.25, 0.3) is 0 Å². The summed E-state index contributed by atoms with van der Waals surface area (Å²) in [6.07, 6.45) is 6.00. The Balaban J connectivity index is 1.35. The molecule has 3 saturated heterocycles. The Kier molecular flexibility index (Phi) is 6.69. The van der Waals surface area contributed by atoms with Crippen LogP contribution < -0.4 is 5.32 Å². The molecule has 2 atom stereocenters. The molecular formula is C26H32N4O2S. The minimum atomic E-state index is -0.862. The summed E-state index contributed by atoms with van der Waals surface area (Å²) in [6.45, 7) is 2.36. The zero-order chi connectivity index (χ0) is 22.7. The summed E-state index contributed by atoms with van der Waals surface area (Å²) < 4.78 is 0. The molecule has 5 rings (SSSR count). The van der Waals surface area contributed by atoms with E-state index in [0.29, 0.717) is 25.4 Å². The van der Waals surface area contributed by atoms with Crippen LogP contribution in [0.5, 0.6) is 0 Å². The van der Waals surface area contributed by atoms with Crippen LogP contribution in [-0.2, 0) is 17.6 Å². The number of carbonyl (C=O) groups excluding carboxylic acids is 2. The Labute approximate surface area is 200 Å². The number of pyridine rings is 1. The number of imide groups is 1. The molecule has 6 nitrogen and oxygen atoms in total. The Morgan fingerprint density at radius 2 is 1.82 bits per heavy atom. The first-order valence-electron chi connectivity index (χ1n) is 12.1. The van der Waals surface area contributed by atoms with Crippen molar-refractivity contribution in [3.8, 4) is 0 Å². The first-order chi connectivity index (χ1) is 16.2. The van der Waals surface area contributed by atoms with E-state index in [1.807, 2.05) is 48.2 Å². The number of amides is 3. The van der Waals surface area contributed by atoms with E-state index in [1.54, 1.807) is 6.20 Å². The lowest BCUT2D eigenvalue weighted by Crippen LogP contribution is -2.58. The maximum Gasteiger partial charge on any atom is 0.325 e.